The zero-order valence-corrected chi connectivity index (χ0v) is 23.6. The molecule has 38 heavy (non-hydrogen) atoms. The minimum atomic E-state index is -0.891. The maximum Gasteiger partial charge on any atom is 0.232 e. The molecule has 0 aliphatic carbocycles. The third-order valence-electron chi connectivity index (χ3n) is 10.3. The molecule has 13 unspecified atom stereocenters. The number of carbonyl (C=O) groups excluding carboxylic acids is 2. The molecule has 6 heterocycles. The van der Waals surface area contributed by atoms with E-state index < -0.39 is 41.8 Å². The molecule has 0 spiro atoms. The van der Waals surface area contributed by atoms with Crippen molar-refractivity contribution < 1.29 is 29.3 Å². The molecular weight excluding hydrogens is 486 g/mol. The Kier molecular flexibility index (Phi) is 6.69. The molecule has 0 aromatic rings. The Morgan fingerprint density at radius 2 is 1.39 bits per heavy atom. The van der Waals surface area contributed by atoms with Gasteiger partial charge in [-0.15, -0.1) is 0 Å². The first kappa shape index (κ1) is 28.1. The summed E-state index contributed by atoms with van der Waals surface area (Å²) in [7, 11) is 15.7. The molecule has 4 radical (unpaired) electrons. The number of nitrogens with zero attached hydrogens (tertiary/aromatic N) is 4. The van der Waals surface area contributed by atoms with E-state index in [1.54, 1.807) is 23.7 Å². The lowest BCUT2D eigenvalue weighted by Gasteiger charge is -2.50. The van der Waals surface area contributed by atoms with Crippen LogP contribution in [0, 0.1) is 17.8 Å². The number of likely N-dealkylation sites (N-methyl/N-ethyl adjacent to an activating group) is 2. The summed E-state index contributed by atoms with van der Waals surface area (Å²) in [6.07, 6.45) is 0.188. The highest BCUT2D eigenvalue weighted by molar-refractivity contribution is 6.06. The van der Waals surface area contributed by atoms with Gasteiger partial charge in [0, 0.05) is 32.2 Å². The largest absolute Gasteiger partial charge is 0.371 e. The normalized spacial score (nSPS) is 52.3. The Morgan fingerprint density at radius 3 is 1.95 bits per heavy atom. The minimum Gasteiger partial charge on any atom is -0.371 e. The van der Waals surface area contributed by atoms with Gasteiger partial charge in [0.05, 0.1) is 23.0 Å². The van der Waals surface area contributed by atoms with E-state index in [0.717, 1.165) is 12.0 Å². The van der Waals surface area contributed by atoms with Gasteiger partial charge in [-0.05, 0) is 46.1 Å². The summed E-state index contributed by atoms with van der Waals surface area (Å²) in [6, 6.07) is -0.119. The number of piperidine rings is 1. The number of amides is 2. The predicted octanol–water partition coefficient (Wildman–Crippen LogP) is -0.614. The van der Waals surface area contributed by atoms with E-state index in [4.69, 9.17) is 25.4 Å². The molecular formula is C26H40B2N4O6. The fourth-order valence-corrected chi connectivity index (χ4v) is 7.88. The van der Waals surface area contributed by atoms with Crippen molar-refractivity contribution in [1.29, 1.82) is 0 Å². The maximum atomic E-state index is 12.3. The Bertz CT molecular complexity index is 1050. The molecule has 0 aromatic heterocycles. The van der Waals surface area contributed by atoms with E-state index in [1.165, 1.54) is 9.80 Å². The van der Waals surface area contributed by atoms with Crippen molar-refractivity contribution in [3.8, 4) is 0 Å². The summed E-state index contributed by atoms with van der Waals surface area (Å²) in [4.78, 5) is 30.8. The van der Waals surface area contributed by atoms with E-state index in [2.05, 4.69) is 13.8 Å². The molecule has 0 aromatic carbocycles. The van der Waals surface area contributed by atoms with Gasteiger partial charge in [-0.2, -0.15) is 0 Å². The minimum absolute atomic E-state index is 0.0660. The predicted molar refractivity (Wildman–Crippen MR) is 140 cm³/mol. The average molecular weight is 526 g/mol. The van der Waals surface area contributed by atoms with Crippen LogP contribution in [0.4, 0.5) is 0 Å². The third-order valence-corrected chi connectivity index (χ3v) is 10.3. The molecule has 6 aliphatic rings. The van der Waals surface area contributed by atoms with Crippen LogP contribution < -0.4 is 0 Å². The summed E-state index contributed by atoms with van der Waals surface area (Å²) in [5, 5.41) is 20.3. The van der Waals surface area contributed by atoms with Gasteiger partial charge in [0.25, 0.3) is 0 Å². The van der Waals surface area contributed by atoms with Crippen LogP contribution in [-0.2, 0) is 19.1 Å². The van der Waals surface area contributed by atoms with Crippen LogP contribution >= 0.6 is 0 Å². The summed E-state index contributed by atoms with van der Waals surface area (Å²) < 4.78 is 12.1. The van der Waals surface area contributed by atoms with Crippen LogP contribution in [0.15, 0.2) is 11.6 Å². The zero-order valence-electron chi connectivity index (χ0n) is 23.6. The maximum absolute atomic E-state index is 12.3. The number of hydrogen-bond donors (Lipinski definition) is 2. The summed E-state index contributed by atoms with van der Waals surface area (Å²) in [6.45, 7) is 12.2. The second-order valence-electron chi connectivity index (χ2n) is 12.7. The van der Waals surface area contributed by atoms with Gasteiger partial charge in [-0.25, -0.2) is 0 Å². The van der Waals surface area contributed by atoms with Crippen LogP contribution in [0.25, 0.3) is 0 Å². The quantitative estimate of drug-likeness (QED) is 0.318. The monoisotopic (exact) mass is 526 g/mol. The van der Waals surface area contributed by atoms with E-state index in [1.807, 2.05) is 33.8 Å². The van der Waals surface area contributed by atoms with Crippen LogP contribution in [0.5, 0.6) is 0 Å². The van der Waals surface area contributed by atoms with Gasteiger partial charge < -0.3 is 39.1 Å². The molecule has 6 rings (SSSR count). The molecule has 0 saturated carbocycles. The van der Waals surface area contributed by atoms with E-state index in [-0.39, 0.29) is 41.9 Å². The van der Waals surface area contributed by atoms with Gasteiger partial charge in [0.1, 0.15) is 12.2 Å². The molecule has 13 atom stereocenters. The van der Waals surface area contributed by atoms with Gasteiger partial charge in [-0.3, -0.25) is 9.59 Å². The van der Waals surface area contributed by atoms with Gasteiger partial charge in [0.2, 0.25) is 11.8 Å². The average Bonchev–Trinajstić information content (AvgIpc) is 3.46. The Balaban J connectivity index is 0.000000155. The van der Waals surface area contributed by atoms with E-state index >= 15 is 0 Å². The van der Waals surface area contributed by atoms with Crippen molar-refractivity contribution in [3.05, 3.63) is 11.6 Å². The van der Waals surface area contributed by atoms with Crippen molar-refractivity contribution in [2.75, 3.05) is 14.1 Å². The van der Waals surface area contributed by atoms with Crippen LogP contribution in [0.3, 0.4) is 0 Å². The first-order valence-electron chi connectivity index (χ1n) is 13.6. The lowest BCUT2D eigenvalue weighted by atomic mass is 9.72. The van der Waals surface area contributed by atoms with Gasteiger partial charge in [0.15, 0.2) is 28.4 Å². The number of rotatable bonds is 0. The molecule has 206 valence electrons. The molecule has 6 aliphatic heterocycles. The zero-order chi connectivity index (χ0) is 28.2. The molecule has 5 saturated heterocycles. The Hall–Kier alpha value is -1.43. The highest BCUT2D eigenvalue weighted by Gasteiger charge is 2.66. The highest BCUT2D eigenvalue weighted by Crippen LogP contribution is 2.51. The van der Waals surface area contributed by atoms with Gasteiger partial charge in [-0.1, -0.05) is 25.5 Å². The van der Waals surface area contributed by atoms with Gasteiger partial charge >= 0.3 is 0 Å². The standard InChI is InChI=1S/C13H21BN2O3.C13H19BN2O3/c2*1-6-5-13(3)10(16(14)7(6)2)8-9(19-13)12(18)15(4)11(8)17/h6-10,12,18H,5H2,1-4H3;5,7-10,12,18H,1-4H3. The molecule has 5 fully saturated rings. The number of fused-ring (bicyclic) bond motifs is 6. The van der Waals surface area contributed by atoms with Crippen LogP contribution in [0.1, 0.15) is 48.0 Å². The van der Waals surface area contributed by atoms with Crippen LogP contribution in [-0.4, -0.2) is 132 Å². The van der Waals surface area contributed by atoms with E-state index in [0.29, 0.717) is 5.92 Å². The number of likely N-dealkylation sites (tertiary alicyclic amines) is 2. The molecule has 0 bridgehead atoms. The second-order valence-corrected chi connectivity index (χ2v) is 12.7. The molecule has 10 nitrogen and oxygen atoms in total. The first-order valence-corrected chi connectivity index (χ1v) is 13.6. The molecule has 2 amide bonds. The smallest absolute Gasteiger partial charge is 0.232 e. The lowest BCUT2D eigenvalue weighted by molar-refractivity contribution is -0.150. The first-order chi connectivity index (χ1) is 17.6. The number of ether oxygens (including phenoxy) is 2. The summed E-state index contributed by atoms with van der Waals surface area (Å²) >= 11 is 0. The highest BCUT2D eigenvalue weighted by atomic mass is 16.5. The van der Waals surface area contributed by atoms with Crippen molar-refractivity contribution in [3.63, 3.8) is 0 Å². The topological polar surface area (TPSA) is 106 Å². The Labute approximate surface area is 228 Å². The number of hydrogen-bond acceptors (Lipinski definition) is 8. The van der Waals surface area contributed by atoms with Crippen LogP contribution in [0.2, 0.25) is 0 Å². The number of aliphatic hydroxyl groups excluding tert-OH is 2. The molecule has 12 heteroatoms. The number of aliphatic hydroxyl groups is 2. The van der Waals surface area contributed by atoms with E-state index in [9.17, 15) is 19.8 Å². The fraction of sp³-hybridized carbons (Fsp3) is 0.846. The van der Waals surface area contributed by atoms with Crippen molar-refractivity contribution in [1.82, 2.24) is 19.4 Å². The fourth-order valence-electron chi connectivity index (χ4n) is 7.88. The van der Waals surface area contributed by atoms with Crippen molar-refractivity contribution >= 4 is 27.8 Å². The molecule has 2 N–H and O–H groups in total. The van der Waals surface area contributed by atoms with Crippen molar-refractivity contribution in [2.24, 2.45) is 17.8 Å². The lowest BCUT2D eigenvalue weighted by Crippen LogP contribution is -2.61. The SMILES string of the molecule is [B]N1C(C)C(C)=CC2(C)OC3C(C(=O)N(C)C3O)C12.[B]N1C(C)C(C)CC2(C)OC3C(C(=O)N(C)C3O)C12. The summed E-state index contributed by atoms with van der Waals surface area (Å²) in [5.41, 5.74) is 0.0588. The number of carbonyl (C=O) groups is 2. The second kappa shape index (κ2) is 9.04. The summed E-state index contributed by atoms with van der Waals surface area (Å²) in [5.74, 6) is -0.521. The Morgan fingerprint density at radius 1 is 0.895 bits per heavy atom. The van der Waals surface area contributed by atoms with Crippen molar-refractivity contribution in [2.45, 2.75) is 108 Å². The third kappa shape index (κ3) is 3.70.